The first-order chi connectivity index (χ1) is 10.4. The van der Waals surface area contributed by atoms with Crippen molar-refractivity contribution in [2.24, 2.45) is 11.3 Å². The molecule has 1 aromatic rings. The molecule has 6 heteroatoms. The van der Waals surface area contributed by atoms with Gasteiger partial charge in [-0.2, -0.15) is 5.10 Å². The third kappa shape index (κ3) is 2.21. The lowest BCUT2D eigenvalue weighted by Gasteiger charge is -2.32. The number of hydrogen-bond acceptors (Lipinski definition) is 3. The maximum absolute atomic E-state index is 12.8. The number of hydrogen-bond donors (Lipinski definition) is 1. The van der Waals surface area contributed by atoms with Crippen LogP contribution in [0.5, 0.6) is 0 Å². The van der Waals surface area contributed by atoms with Crippen LogP contribution in [0.4, 0.5) is 0 Å². The molecule has 1 aliphatic carbocycles. The molecule has 120 valence electrons. The molecule has 1 aromatic heterocycles. The Morgan fingerprint density at radius 2 is 1.95 bits per heavy atom. The number of aromatic nitrogens is 2. The van der Waals surface area contributed by atoms with Crippen LogP contribution < -0.4 is 0 Å². The minimum atomic E-state index is -0.685. The minimum absolute atomic E-state index is 0.0390. The van der Waals surface area contributed by atoms with Crippen molar-refractivity contribution in [1.29, 1.82) is 0 Å². The lowest BCUT2D eigenvalue weighted by atomic mass is 9.90. The number of aryl methyl sites for hydroxylation is 2. The fraction of sp³-hybridized carbons (Fsp3) is 0.688. The number of aliphatic carboxylic acids is 1. The van der Waals surface area contributed by atoms with Crippen LogP contribution in [0.3, 0.4) is 0 Å². The van der Waals surface area contributed by atoms with Crippen molar-refractivity contribution < 1.29 is 14.7 Å². The van der Waals surface area contributed by atoms with Crippen molar-refractivity contribution in [3.63, 3.8) is 0 Å². The summed E-state index contributed by atoms with van der Waals surface area (Å²) < 4.78 is 1.86. The third-order valence-corrected chi connectivity index (χ3v) is 5.43. The zero-order chi connectivity index (χ0) is 16.1. The van der Waals surface area contributed by atoms with Gasteiger partial charge in [-0.05, 0) is 45.4 Å². The van der Waals surface area contributed by atoms with Gasteiger partial charge in [0.1, 0.15) is 0 Å². The maximum Gasteiger partial charge on any atom is 0.307 e. The van der Waals surface area contributed by atoms with E-state index in [2.05, 4.69) is 5.10 Å². The third-order valence-electron chi connectivity index (χ3n) is 5.43. The van der Waals surface area contributed by atoms with Gasteiger partial charge in [-0.1, -0.05) is 0 Å². The Bertz CT molecular complexity index is 627. The SMILES string of the molecule is CCn1nc(C)c(C(=O)N2CCC3(CC2)CC3C(=O)O)c1C. The summed E-state index contributed by atoms with van der Waals surface area (Å²) >= 11 is 0. The van der Waals surface area contributed by atoms with Gasteiger partial charge < -0.3 is 10.0 Å². The molecule has 1 saturated carbocycles. The minimum Gasteiger partial charge on any atom is -0.481 e. The van der Waals surface area contributed by atoms with Gasteiger partial charge in [0.15, 0.2) is 0 Å². The first-order valence-corrected chi connectivity index (χ1v) is 7.95. The molecular formula is C16H23N3O3. The average Bonchev–Trinajstić information content (AvgIpc) is 3.11. The summed E-state index contributed by atoms with van der Waals surface area (Å²) in [5, 5.41) is 13.5. The highest BCUT2D eigenvalue weighted by molar-refractivity contribution is 5.96. The normalized spacial score (nSPS) is 22.9. The van der Waals surface area contributed by atoms with Gasteiger partial charge >= 0.3 is 5.97 Å². The van der Waals surface area contributed by atoms with Crippen molar-refractivity contribution in [3.05, 3.63) is 17.0 Å². The molecule has 6 nitrogen and oxygen atoms in total. The number of nitrogens with zero attached hydrogens (tertiary/aromatic N) is 3. The lowest BCUT2D eigenvalue weighted by Crippen LogP contribution is -2.40. The molecule has 2 fully saturated rings. The summed E-state index contributed by atoms with van der Waals surface area (Å²) in [5.74, 6) is -0.844. The van der Waals surface area contributed by atoms with Crippen LogP contribution in [-0.2, 0) is 11.3 Å². The molecule has 1 atom stereocenters. The standard InChI is InChI=1S/C16H23N3O3/c1-4-19-11(3)13(10(2)17-19)14(20)18-7-5-16(6-8-18)9-12(16)15(21)22/h12H,4-9H2,1-3H3,(H,21,22). The average molecular weight is 305 g/mol. The monoisotopic (exact) mass is 305 g/mol. The van der Waals surface area contributed by atoms with E-state index < -0.39 is 5.97 Å². The summed E-state index contributed by atoms with van der Waals surface area (Å²) in [7, 11) is 0. The van der Waals surface area contributed by atoms with Crippen LogP contribution >= 0.6 is 0 Å². The molecule has 1 aliphatic heterocycles. The molecule has 0 radical (unpaired) electrons. The van der Waals surface area contributed by atoms with E-state index in [0.29, 0.717) is 18.7 Å². The second-order valence-electron chi connectivity index (χ2n) is 6.61. The number of amides is 1. The predicted molar refractivity (Wildman–Crippen MR) is 80.7 cm³/mol. The molecule has 3 rings (SSSR count). The van der Waals surface area contributed by atoms with Gasteiger partial charge in [-0.15, -0.1) is 0 Å². The Morgan fingerprint density at radius 1 is 1.32 bits per heavy atom. The van der Waals surface area contributed by atoms with Gasteiger partial charge in [-0.25, -0.2) is 0 Å². The topological polar surface area (TPSA) is 75.4 Å². The quantitative estimate of drug-likeness (QED) is 0.924. The van der Waals surface area contributed by atoms with Crippen LogP contribution in [0, 0.1) is 25.2 Å². The summed E-state index contributed by atoms with van der Waals surface area (Å²) in [4.78, 5) is 25.7. The molecule has 1 saturated heterocycles. The molecule has 2 aliphatic rings. The van der Waals surface area contributed by atoms with E-state index in [-0.39, 0.29) is 17.2 Å². The first-order valence-electron chi connectivity index (χ1n) is 7.95. The van der Waals surface area contributed by atoms with Crippen molar-refractivity contribution in [2.75, 3.05) is 13.1 Å². The van der Waals surface area contributed by atoms with Crippen LogP contribution in [0.1, 0.15) is 47.9 Å². The largest absolute Gasteiger partial charge is 0.481 e. The first kappa shape index (κ1) is 15.1. The predicted octanol–water partition coefficient (Wildman–Crippen LogP) is 1.85. The molecule has 1 amide bonds. The highest BCUT2D eigenvalue weighted by Gasteiger charge is 2.59. The Hall–Kier alpha value is -1.85. The number of rotatable bonds is 3. The molecule has 0 aromatic carbocycles. The van der Waals surface area contributed by atoms with E-state index in [1.54, 1.807) is 0 Å². The Morgan fingerprint density at radius 3 is 2.41 bits per heavy atom. The lowest BCUT2D eigenvalue weighted by molar-refractivity contribution is -0.139. The van der Waals surface area contributed by atoms with Crippen molar-refractivity contribution >= 4 is 11.9 Å². The Labute approximate surface area is 130 Å². The van der Waals surface area contributed by atoms with E-state index in [4.69, 9.17) is 5.11 Å². The molecule has 1 N–H and O–H groups in total. The molecule has 2 heterocycles. The second-order valence-corrected chi connectivity index (χ2v) is 6.61. The summed E-state index contributed by atoms with van der Waals surface area (Å²) in [6.07, 6.45) is 2.38. The number of carboxylic acid groups (broad SMARTS) is 1. The van der Waals surface area contributed by atoms with Gasteiger partial charge in [0, 0.05) is 25.3 Å². The van der Waals surface area contributed by atoms with Crippen LogP contribution in [0.2, 0.25) is 0 Å². The van der Waals surface area contributed by atoms with E-state index in [0.717, 1.165) is 37.2 Å². The van der Waals surface area contributed by atoms with Crippen LogP contribution in [0.25, 0.3) is 0 Å². The highest BCUT2D eigenvalue weighted by atomic mass is 16.4. The Kier molecular flexibility index (Phi) is 3.50. The maximum atomic E-state index is 12.8. The molecule has 1 spiro atoms. The van der Waals surface area contributed by atoms with Crippen molar-refractivity contribution in [3.8, 4) is 0 Å². The van der Waals surface area contributed by atoms with E-state index in [9.17, 15) is 9.59 Å². The number of piperidine rings is 1. The fourth-order valence-electron chi connectivity index (χ4n) is 3.88. The fourth-order valence-corrected chi connectivity index (χ4v) is 3.88. The van der Waals surface area contributed by atoms with Gasteiger partial charge in [0.25, 0.3) is 5.91 Å². The van der Waals surface area contributed by atoms with Crippen LogP contribution in [-0.4, -0.2) is 44.8 Å². The van der Waals surface area contributed by atoms with E-state index in [1.165, 1.54) is 0 Å². The van der Waals surface area contributed by atoms with Crippen molar-refractivity contribution in [1.82, 2.24) is 14.7 Å². The van der Waals surface area contributed by atoms with Gasteiger partial charge in [0.2, 0.25) is 0 Å². The van der Waals surface area contributed by atoms with Gasteiger partial charge in [0.05, 0.1) is 17.2 Å². The zero-order valence-electron chi connectivity index (χ0n) is 13.4. The Balaban J connectivity index is 1.71. The zero-order valence-corrected chi connectivity index (χ0v) is 13.4. The van der Waals surface area contributed by atoms with E-state index >= 15 is 0 Å². The number of likely N-dealkylation sites (tertiary alicyclic amines) is 1. The van der Waals surface area contributed by atoms with E-state index in [1.807, 2.05) is 30.4 Å². The molecule has 1 unspecified atom stereocenters. The van der Waals surface area contributed by atoms with Gasteiger partial charge in [-0.3, -0.25) is 14.3 Å². The summed E-state index contributed by atoms with van der Waals surface area (Å²) in [5.41, 5.74) is 2.36. The number of carbonyl (C=O) groups excluding carboxylic acids is 1. The number of carboxylic acids is 1. The second kappa shape index (κ2) is 5.11. The highest BCUT2D eigenvalue weighted by Crippen LogP contribution is 2.59. The molecule has 0 bridgehead atoms. The molecular weight excluding hydrogens is 282 g/mol. The molecule has 22 heavy (non-hydrogen) atoms. The smallest absolute Gasteiger partial charge is 0.307 e. The summed E-state index contributed by atoms with van der Waals surface area (Å²) in [6.45, 7) is 7.88. The van der Waals surface area contributed by atoms with Crippen molar-refractivity contribution in [2.45, 2.75) is 46.6 Å². The number of carbonyl (C=O) groups is 2. The summed E-state index contributed by atoms with van der Waals surface area (Å²) in [6, 6.07) is 0. The van der Waals surface area contributed by atoms with Crippen LogP contribution in [0.15, 0.2) is 0 Å².